The largest absolute Gasteiger partial charge is 0.497 e. The molecular weight excluding hydrogens is 429 g/mol. The van der Waals surface area contributed by atoms with Gasteiger partial charge in [0.05, 0.1) is 29.5 Å². The lowest BCUT2D eigenvalue weighted by atomic mass is 10.2. The second kappa shape index (κ2) is 9.65. The summed E-state index contributed by atoms with van der Waals surface area (Å²) < 4.78 is 20.9. The number of amides is 1. The van der Waals surface area contributed by atoms with E-state index in [1.54, 1.807) is 43.5 Å². The number of benzene rings is 3. The average Bonchev–Trinajstić information content (AvgIpc) is 2.82. The predicted molar refractivity (Wildman–Crippen MR) is 123 cm³/mol. The first-order valence-electron chi connectivity index (χ1n) is 9.86. The van der Waals surface area contributed by atoms with Crippen LogP contribution in [0.15, 0.2) is 82.7 Å². The maximum atomic E-state index is 14.5. The molecular formula is C24H20FN3O3S. The van der Waals surface area contributed by atoms with E-state index in [1.165, 1.54) is 16.7 Å². The van der Waals surface area contributed by atoms with Crippen molar-refractivity contribution in [2.75, 3.05) is 12.9 Å². The second-order valence-electron chi connectivity index (χ2n) is 6.92. The van der Waals surface area contributed by atoms with Gasteiger partial charge in [-0.05, 0) is 42.0 Å². The quantitative estimate of drug-likeness (QED) is 0.342. The third-order valence-electron chi connectivity index (χ3n) is 4.82. The summed E-state index contributed by atoms with van der Waals surface area (Å²) in [5.41, 5.74) is 1.13. The Balaban J connectivity index is 1.56. The number of ether oxygens (including phenoxy) is 1. The van der Waals surface area contributed by atoms with Crippen LogP contribution in [-0.2, 0) is 11.3 Å². The van der Waals surface area contributed by atoms with Gasteiger partial charge in [0.25, 0.3) is 5.56 Å². The first kappa shape index (κ1) is 21.6. The number of aromatic nitrogens is 2. The molecule has 0 fully saturated rings. The number of hydrogen-bond acceptors (Lipinski definition) is 5. The molecule has 6 nitrogen and oxygen atoms in total. The molecule has 0 unspecified atom stereocenters. The lowest BCUT2D eigenvalue weighted by Gasteiger charge is -2.14. The molecule has 1 N–H and O–H groups in total. The minimum Gasteiger partial charge on any atom is -0.497 e. The number of methoxy groups -OCH3 is 1. The van der Waals surface area contributed by atoms with Crippen molar-refractivity contribution in [2.45, 2.75) is 11.7 Å². The van der Waals surface area contributed by atoms with Gasteiger partial charge in [-0.25, -0.2) is 9.37 Å². The van der Waals surface area contributed by atoms with E-state index in [2.05, 4.69) is 10.3 Å². The third-order valence-corrected chi connectivity index (χ3v) is 5.76. The molecule has 4 rings (SSSR count). The number of para-hydroxylation sites is 2. The molecule has 32 heavy (non-hydrogen) atoms. The zero-order valence-corrected chi connectivity index (χ0v) is 18.1. The van der Waals surface area contributed by atoms with Gasteiger partial charge in [0.1, 0.15) is 11.6 Å². The Bertz CT molecular complexity index is 1320. The van der Waals surface area contributed by atoms with Crippen LogP contribution < -0.4 is 15.6 Å². The van der Waals surface area contributed by atoms with Crippen molar-refractivity contribution in [1.82, 2.24) is 14.9 Å². The fourth-order valence-electron chi connectivity index (χ4n) is 3.18. The van der Waals surface area contributed by atoms with Crippen molar-refractivity contribution in [2.24, 2.45) is 0 Å². The first-order valence-corrected chi connectivity index (χ1v) is 10.8. The van der Waals surface area contributed by atoms with E-state index in [9.17, 15) is 14.0 Å². The number of thioether (sulfide) groups is 1. The summed E-state index contributed by atoms with van der Waals surface area (Å²) in [6.45, 7) is 0.356. The fraction of sp³-hybridized carbons (Fsp3) is 0.125. The number of carbonyl (C=O) groups is 1. The lowest BCUT2D eigenvalue weighted by molar-refractivity contribution is -0.118. The van der Waals surface area contributed by atoms with Crippen LogP contribution in [0.5, 0.6) is 5.75 Å². The summed E-state index contributed by atoms with van der Waals surface area (Å²) in [5.74, 6) is -0.00928. The fourth-order valence-corrected chi connectivity index (χ4v) is 4.02. The molecule has 1 heterocycles. The third kappa shape index (κ3) is 4.65. The van der Waals surface area contributed by atoms with E-state index in [0.717, 1.165) is 23.1 Å². The maximum Gasteiger partial charge on any atom is 0.266 e. The molecule has 0 aliphatic carbocycles. The lowest BCUT2D eigenvalue weighted by Crippen LogP contribution is -2.26. The Kier molecular flexibility index (Phi) is 6.51. The zero-order chi connectivity index (χ0) is 22.5. The number of fused-ring (bicyclic) bond motifs is 1. The van der Waals surface area contributed by atoms with Gasteiger partial charge < -0.3 is 10.1 Å². The van der Waals surface area contributed by atoms with Gasteiger partial charge in [0, 0.05) is 6.54 Å². The Morgan fingerprint density at radius 3 is 2.53 bits per heavy atom. The zero-order valence-electron chi connectivity index (χ0n) is 17.2. The number of nitrogens with zero attached hydrogens (tertiary/aromatic N) is 2. The predicted octanol–water partition coefficient (Wildman–Crippen LogP) is 3.94. The van der Waals surface area contributed by atoms with Crippen LogP contribution in [0, 0.1) is 5.82 Å². The van der Waals surface area contributed by atoms with Gasteiger partial charge in [-0.15, -0.1) is 0 Å². The smallest absolute Gasteiger partial charge is 0.266 e. The van der Waals surface area contributed by atoms with E-state index < -0.39 is 5.82 Å². The molecule has 0 atom stereocenters. The Labute approximate surface area is 188 Å². The van der Waals surface area contributed by atoms with Gasteiger partial charge in [0.15, 0.2) is 5.16 Å². The summed E-state index contributed by atoms with van der Waals surface area (Å²) in [6.07, 6.45) is 0. The summed E-state index contributed by atoms with van der Waals surface area (Å²) in [6, 6.07) is 20.3. The van der Waals surface area contributed by atoms with Crippen LogP contribution in [0.1, 0.15) is 5.56 Å². The van der Waals surface area contributed by atoms with Gasteiger partial charge >= 0.3 is 0 Å². The highest BCUT2D eigenvalue weighted by Gasteiger charge is 2.17. The van der Waals surface area contributed by atoms with Crippen molar-refractivity contribution >= 4 is 28.6 Å². The molecule has 162 valence electrons. The highest BCUT2D eigenvalue weighted by molar-refractivity contribution is 7.99. The van der Waals surface area contributed by atoms with Crippen molar-refractivity contribution in [3.63, 3.8) is 0 Å². The Morgan fingerprint density at radius 1 is 1.06 bits per heavy atom. The molecule has 8 heteroatoms. The second-order valence-corrected chi connectivity index (χ2v) is 7.86. The summed E-state index contributed by atoms with van der Waals surface area (Å²) in [5, 5.41) is 3.47. The molecule has 4 aromatic rings. The van der Waals surface area contributed by atoms with Crippen molar-refractivity contribution in [3.8, 4) is 11.4 Å². The molecule has 0 bridgehead atoms. The molecule has 0 saturated carbocycles. The number of hydrogen-bond donors (Lipinski definition) is 1. The Hall–Kier alpha value is -3.65. The number of rotatable bonds is 7. The van der Waals surface area contributed by atoms with E-state index in [1.807, 2.05) is 24.3 Å². The van der Waals surface area contributed by atoms with Crippen LogP contribution in [0.4, 0.5) is 4.39 Å². The van der Waals surface area contributed by atoms with Crippen molar-refractivity contribution in [3.05, 3.63) is 94.5 Å². The molecule has 0 spiro atoms. The molecule has 0 radical (unpaired) electrons. The minimum atomic E-state index is -0.544. The van der Waals surface area contributed by atoms with E-state index in [-0.39, 0.29) is 28.1 Å². The minimum absolute atomic E-state index is 0.0232. The van der Waals surface area contributed by atoms with E-state index in [4.69, 9.17) is 4.74 Å². The van der Waals surface area contributed by atoms with Crippen LogP contribution >= 0.6 is 11.8 Å². The SMILES string of the molecule is COc1ccc(CNC(=O)CSc2nc3ccccc3c(=O)n2-c2ccccc2F)cc1. The molecule has 1 aromatic heterocycles. The van der Waals surface area contributed by atoms with Crippen molar-refractivity contribution < 1.29 is 13.9 Å². The summed E-state index contributed by atoms with van der Waals surface area (Å²) in [7, 11) is 1.59. The number of halogens is 1. The molecule has 1 amide bonds. The summed E-state index contributed by atoms with van der Waals surface area (Å²) >= 11 is 1.08. The van der Waals surface area contributed by atoms with E-state index in [0.29, 0.717) is 17.4 Å². The molecule has 0 saturated heterocycles. The first-order chi connectivity index (χ1) is 15.6. The molecule has 3 aromatic carbocycles. The standard InChI is InChI=1S/C24H20FN3O3S/c1-31-17-12-10-16(11-13-17)14-26-22(29)15-32-24-27-20-8-4-2-6-18(20)23(30)28(24)21-9-5-3-7-19(21)25/h2-13H,14-15H2,1H3,(H,26,29). The van der Waals surface area contributed by atoms with Gasteiger partial charge in [-0.1, -0.05) is 48.2 Å². The van der Waals surface area contributed by atoms with Crippen LogP contribution in [0.3, 0.4) is 0 Å². The highest BCUT2D eigenvalue weighted by Crippen LogP contribution is 2.22. The van der Waals surface area contributed by atoms with Gasteiger partial charge in [-0.2, -0.15) is 0 Å². The molecule has 0 aliphatic heterocycles. The maximum absolute atomic E-state index is 14.5. The topological polar surface area (TPSA) is 73.2 Å². The highest BCUT2D eigenvalue weighted by atomic mass is 32.2. The van der Waals surface area contributed by atoms with Gasteiger partial charge in [0.2, 0.25) is 5.91 Å². The monoisotopic (exact) mass is 449 g/mol. The normalized spacial score (nSPS) is 10.8. The Morgan fingerprint density at radius 2 is 1.78 bits per heavy atom. The van der Waals surface area contributed by atoms with E-state index >= 15 is 0 Å². The van der Waals surface area contributed by atoms with Crippen molar-refractivity contribution in [1.29, 1.82) is 0 Å². The molecule has 0 aliphatic rings. The average molecular weight is 450 g/mol. The van der Waals surface area contributed by atoms with Crippen LogP contribution in [-0.4, -0.2) is 28.3 Å². The number of nitrogens with one attached hydrogen (secondary N) is 1. The summed E-state index contributed by atoms with van der Waals surface area (Å²) in [4.78, 5) is 30.1. The number of carbonyl (C=O) groups excluding carboxylic acids is 1. The van der Waals surface area contributed by atoms with Crippen LogP contribution in [0.2, 0.25) is 0 Å². The van der Waals surface area contributed by atoms with Crippen LogP contribution in [0.25, 0.3) is 16.6 Å². The van der Waals surface area contributed by atoms with Gasteiger partial charge in [-0.3, -0.25) is 14.2 Å².